The number of amides is 2. The van der Waals surface area contributed by atoms with Gasteiger partial charge < -0.3 is 10.2 Å². The van der Waals surface area contributed by atoms with Crippen LogP contribution in [0.1, 0.15) is 12.5 Å². The molecule has 1 unspecified atom stereocenters. The van der Waals surface area contributed by atoms with Crippen LogP contribution < -0.4 is 5.32 Å². The van der Waals surface area contributed by atoms with E-state index in [1.165, 1.54) is 0 Å². The van der Waals surface area contributed by atoms with E-state index in [2.05, 4.69) is 20.5 Å². The highest BCUT2D eigenvalue weighted by Crippen LogP contribution is 2.23. The number of aryl methyl sites for hydroxylation is 1. The number of likely N-dealkylation sites (tertiary alicyclic amines) is 1. The van der Waals surface area contributed by atoms with Crippen molar-refractivity contribution in [2.24, 2.45) is 7.05 Å². The zero-order valence-electron chi connectivity index (χ0n) is 14.2. The molecule has 1 saturated heterocycles. The molecule has 2 amide bonds. The highest BCUT2D eigenvalue weighted by Gasteiger charge is 2.28. The van der Waals surface area contributed by atoms with Crippen LogP contribution in [0.15, 0.2) is 43.0 Å². The van der Waals surface area contributed by atoms with Gasteiger partial charge in [0, 0.05) is 37.6 Å². The fourth-order valence-electron chi connectivity index (χ4n) is 3.03. The van der Waals surface area contributed by atoms with Crippen molar-refractivity contribution >= 4 is 23.3 Å². The first-order valence-corrected chi connectivity index (χ1v) is 8.68. The predicted octanol–water partition coefficient (Wildman–Crippen LogP) is 2.81. The molecule has 0 spiro atoms. The average Bonchev–Trinajstić information content (AvgIpc) is 3.36. The Bertz CT molecular complexity index is 917. The van der Waals surface area contributed by atoms with Crippen LogP contribution in [0.2, 0.25) is 5.02 Å². The van der Waals surface area contributed by atoms with Gasteiger partial charge in [0.05, 0.1) is 17.3 Å². The van der Waals surface area contributed by atoms with Crippen molar-refractivity contribution in [1.82, 2.24) is 29.4 Å². The van der Waals surface area contributed by atoms with E-state index < -0.39 is 0 Å². The molecule has 2 aromatic heterocycles. The number of aromatic nitrogens is 5. The SMILES string of the molecule is Cn1cnc(-c2ccc(NC(=O)N3CCC(n4cc(Cl)cn4)C3)cc2)n1. The van der Waals surface area contributed by atoms with Gasteiger partial charge in [0.25, 0.3) is 0 Å². The number of rotatable bonds is 3. The largest absolute Gasteiger partial charge is 0.322 e. The minimum absolute atomic E-state index is 0.116. The summed E-state index contributed by atoms with van der Waals surface area (Å²) < 4.78 is 3.48. The van der Waals surface area contributed by atoms with Crippen LogP contribution in [0.25, 0.3) is 11.4 Å². The molecule has 1 aromatic carbocycles. The molecule has 0 radical (unpaired) electrons. The Morgan fingerprint density at radius 3 is 2.77 bits per heavy atom. The second-order valence-electron chi connectivity index (χ2n) is 6.28. The number of hydrogen-bond donors (Lipinski definition) is 1. The number of nitrogens with zero attached hydrogens (tertiary/aromatic N) is 6. The van der Waals surface area contributed by atoms with Crippen molar-refractivity contribution in [2.75, 3.05) is 18.4 Å². The van der Waals surface area contributed by atoms with Gasteiger partial charge in [-0.25, -0.2) is 9.78 Å². The lowest BCUT2D eigenvalue weighted by Crippen LogP contribution is -2.33. The van der Waals surface area contributed by atoms with Gasteiger partial charge in [-0.05, 0) is 30.7 Å². The fourth-order valence-corrected chi connectivity index (χ4v) is 3.18. The molecule has 26 heavy (non-hydrogen) atoms. The Kier molecular flexibility index (Phi) is 4.34. The molecule has 1 atom stereocenters. The number of carbonyl (C=O) groups excluding carboxylic acids is 1. The van der Waals surface area contributed by atoms with Crippen molar-refractivity contribution in [2.45, 2.75) is 12.5 Å². The fraction of sp³-hybridized carbons (Fsp3) is 0.294. The van der Waals surface area contributed by atoms with E-state index >= 15 is 0 Å². The number of urea groups is 1. The van der Waals surface area contributed by atoms with Crippen LogP contribution in [0.4, 0.5) is 10.5 Å². The molecule has 1 aliphatic rings. The third-order valence-electron chi connectivity index (χ3n) is 4.39. The first-order valence-electron chi connectivity index (χ1n) is 8.30. The summed E-state index contributed by atoms with van der Waals surface area (Å²) >= 11 is 5.92. The third kappa shape index (κ3) is 3.41. The standard InChI is InChI=1S/C17H18ClN7O/c1-23-11-19-16(22-23)12-2-4-14(5-3-12)21-17(26)24-7-6-15(10-24)25-9-13(18)8-20-25/h2-5,8-9,11,15H,6-7,10H2,1H3,(H,21,26). The van der Waals surface area contributed by atoms with Crippen LogP contribution in [0.3, 0.4) is 0 Å². The van der Waals surface area contributed by atoms with Gasteiger partial charge in [-0.1, -0.05) is 11.6 Å². The first kappa shape index (κ1) is 16.6. The van der Waals surface area contributed by atoms with Gasteiger partial charge in [-0.15, -0.1) is 0 Å². The maximum Gasteiger partial charge on any atom is 0.321 e. The molecule has 9 heteroatoms. The van der Waals surface area contributed by atoms with E-state index in [1.807, 2.05) is 36.0 Å². The molecule has 4 rings (SSSR count). The molecule has 134 valence electrons. The van der Waals surface area contributed by atoms with E-state index in [1.54, 1.807) is 28.3 Å². The van der Waals surface area contributed by atoms with Crippen LogP contribution in [0, 0.1) is 0 Å². The topological polar surface area (TPSA) is 80.9 Å². The van der Waals surface area contributed by atoms with E-state index in [-0.39, 0.29) is 12.1 Å². The van der Waals surface area contributed by atoms with E-state index in [0.717, 1.165) is 17.7 Å². The quantitative estimate of drug-likeness (QED) is 0.767. The van der Waals surface area contributed by atoms with Crippen LogP contribution in [-0.4, -0.2) is 48.6 Å². The first-order chi connectivity index (χ1) is 12.6. The number of hydrogen-bond acceptors (Lipinski definition) is 4. The predicted molar refractivity (Wildman–Crippen MR) is 97.9 cm³/mol. The summed E-state index contributed by atoms with van der Waals surface area (Å²) in [5.74, 6) is 0.658. The number of carbonyl (C=O) groups is 1. The zero-order chi connectivity index (χ0) is 18.1. The zero-order valence-corrected chi connectivity index (χ0v) is 15.0. The monoisotopic (exact) mass is 371 g/mol. The van der Waals surface area contributed by atoms with Crippen molar-refractivity contribution < 1.29 is 4.79 Å². The van der Waals surface area contributed by atoms with Crippen molar-refractivity contribution in [1.29, 1.82) is 0 Å². The van der Waals surface area contributed by atoms with Gasteiger partial charge in [-0.2, -0.15) is 10.2 Å². The highest BCUT2D eigenvalue weighted by molar-refractivity contribution is 6.30. The smallest absolute Gasteiger partial charge is 0.321 e. The van der Waals surface area contributed by atoms with Gasteiger partial charge in [-0.3, -0.25) is 9.36 Å². The van der Waals surface area contributed by atoms with Crippen molar-refractivity contribution in [3.63, 3.8) is 0 Å². The summed E-state index contributed by atoms with van der Waals surface area (Å²) in [5.41, 5.74) is 1.64. The lowest BCUT2D eigenvalue weighted by molar-refractivity contribution is 0.220. The molecule has 0 aliphatic carbocycles. The summed E-state index contributed by atoms with van der Waals surface area (Å²) in [6, 6.07) is 7.53. The maximum absolute atomic E-state index is 12.5. The molecule has 0 saturated carbocycles. The van der Waals surface area contributed by atoms with E-state index in [4.69, 9.17) is 11.6 Å². The second-order valence-corrected chi connectivity index (χ2v) is 6.71. The summed E-state index contributed by atoms with van der Waals surface area (Å²) in [6.07, 6.45) is 5.91. The van der Waals surface area contributed by atoms with Crippen LogP contribution in [-0.2, 0) is 7.05 Å². The van der Waals surface area contributed by atoms with Gasteiger partial charge >= 0.3 is 6.03 Å². The minimum atomic E-state index is -0.116. The maximum atomic E-state index is 12.5. The number of halogens is 1. The number of benzene rings is 1. The Labute approximate surface area is 155 Å². The number of nitrogens with one attached hydrogen (secondary N) is 1. The van der Waals surface area contributed by atoms with E-state index in [0.29, 0.717) is 23.9 Å². The summed E-state index contributed by atoms with van der Waals surface area (Å²) in [4.78, 5) is 18.5. The molecule has 1 N–H and O–H groups in total. The molecule has 0 bridgehead atoms. The van der Waals surface area contributed by atoms with E-state index in [9.17, 15) is 4.79 Å². The molecule has 3 aromatic rings. The summed E-state index contributed by atoms with van der Waals surface area (Å²) in [5, 5.41) is 12.0. The lowest BCUT2D eigenvalue weighted by Gasteiger charge is -2.17. The van der Waals surface area contributed by atoms with Gasteiger partial charge in [0.15, 0.2) is 5.82 Å². The summed E-state index contributed by atoms with van der Waals surface area (Å²) in [6.45, 7) is 1.30. The Balaban J connectivity index is 1.37. The molecule has 1 fully saturated rings. The third-order valence-corrected chi connectivity index (χ3v) is 4.58. The van der Waals surface area contributed by atoms with Gasteiger partial charge in [0.2, 0.25) is 0 Å². The highest BCUT2D eigenvalue weighted by atomic mass is 35.5. The van der Waals surface area contributed by atoms with Crippen molar-refractivity contribution in [3.05, 3.63) is 48.0 Å². The molecule has 8 nitrogen and oxygen atoms in total. The molecular formula is C17H18ClN7O. The molecule has 3 heterocycles. The Morgan fingerprint density at radius 2 is 2.12 bits per heavy atom. The average molecular weight is 372 g/mol. The Morgan fingerprint density at radius 1 is 1.31 bits per heavy atom. The van der Waals surface area contributed by atoms with Crippen LogP contribution in [0.5, 0.6) is 0 Å². The van der Waals surface area contributed by atoms with Crippen LogP contribution >= 0.6 is 11.6 Å². The normalized spacial score (nSPS) is 16.8. The van der Waals surface area contributed by atoms with Gasteiger partial charge in [0.1, 0.15) is 6.33 Å². The number of anilines is 1. The minimum Gasteiger partial charge on any atom is -0.322 e. The molecule has 1 aliphatic heterocycles. The van der Waals surface area contributed by atoms with Crippen molar-refractivity contribution in [3.8, 4) is 11.4 Å². The molecular weight excluding hydrogens is 354 g/mol. The summed E-state index contributed by atoms with van der Waals surface area (Å²) in [7, 11) is 1.83. The Hall–Kier alpha value is -2.87. The second kappa shape index (κ2) is 6.80. The lowest BCUT2D eigenvalue weighted by atomic mass is 10.2.